The summed E-state index contributed by atoms with van der Waals surface area (Å²) in [4.78, 5) is 4.40. The smallest absolute Gasteiger partial charge is 0.229 e. The molecule has 0 saturated heterocycles. The van der Waals surface area contributed by atoms with Crippen molar-refractivity contribution in [1.82, 2.24) is 10.1 Å². The first-order chi connectivity index (χ1) is 9.33. The van der Waals surface area contributed by atoms with E-state index in [0.717, 1.165) is 17.4 Å². The Morgan fingerprint density at radius 1 is 1.26 bits per heavy atom. The SMILES string of the molecule is C[C@@H](c1nc(COCc2ccccc2)no1)C1CC1. The van der Waals surface area contributed by atoms with Gasteiger partial charge in [-0.05, 0) is 24.3 Å². The van der Waals surface area contributed by atoms with Gasteiger partial charge < -0.3 is 9.26 Å². The average molecular weight is 258 g/mol. The topological polar surface area (TPSA) is 48.2 Å². The molecule has 1 aliphatic rings. The minimum Gasteiger partial charge on any atom is -0.369 e. The van der Waals surface area contributed by atoms with Crippen molar-refractivity contribution in [1.29, 1.82) is 0 Å². The Kier molecular flexibility index (Phi) is 3.60. The molecule has 1 saturated carbocycles. The van der Waals surface area contributed by atoms with Crippen molar-refractivity contribution in [2.24, 2.45) is 5.92 Å². The highest BCUT2D eigenvalue weighted by Gasteiger charge is 2.32. The molecule has 3 rings (SSSR count). The zero-order valence-electron chi connectivity index (χ0n) is 11.1. The fraction of sp³-hybridized carbons (Fsp3) is 0.467. The van der Waals surface area contributed by atoms with Gasteiger partial charge in [0.15, 0.2) is 5.82 Å². The van der Waals surface area contributed by atoms with E-state index in [9.17, 15) is 0 Å². The van der Waals surface area contributed by atoms with Crippen LogP contribution in [0.4, 0.5) is 0 Å². The maximum Gasteiger partial charge on any atom is 0.229 e. The van der Waals surface area contributed by atoms with Gasteiger partial charge in [0, 0.05) is 5.92 Å². The summed E-state index contributed by atoms with van der Waals surface area (Å²) in [5.41, 5.74) is 1.15. The number of hydrogen-bond acceptors (Lipinski definition) is 4. The summed E-state index contributed by atoms with van der Waals surface area (Å²) < 4.78 is 10.9. The van der Waals surface area contributed by atoms with Gasteiger partial charge >= 0.3 is 0 Å². The van der Waals surface area contributed by atoms with Gasteiger partial charge in [-0.2, -0.15) is 4.98 Å². The largest absolute Gasteiger partial charge is 0.369 e. The van der Waals surface area contributed by atoms with Crippen LogP contribution in [-0.4, -0.2) is 10.1 Å². The lowest BCUT2D eigenvalue weighted by atomic mass is 10.1. The van der Waals surface area contributed by atoms with Crippen LogP contribution in [0.2, 0.25) is 0 Å². The Bertz CT molecular complexity index is 520. The fourth-order valence-electron chi connectivity index (χ4n) is 2.14. The van der Waals surface area contributed by atoms with Gasteiger partial charge in [0.25, 0.3) is 0 Å². The highest BCUT2D eigenvalue weighted by atomic mass is 16.5. The molecule has 4 heteroatoms. The number of aromatic nitrogens is 2. The third-order valence-corrected chi connectivity index (χ3v) is 3.55. The molecule has 1 heterocycles. The van der Waals surface area contributed by atoms with Crippen LogP contribution in [0.25, 0.3) is 0 Å². The summed E-state index contributed by atoms with van der Waals surface area (Å²) in [6.07, 6.45) is 2.56. The molecule has 0 aliphatic heterocycles. The summed E-state index contributed by atoms with van der Waals surface area (Å²) in [5, 5.41) is 3.97. The van der Waals surface area contributed by atoms with Crippen molar-refractivity contribution < 1.29 is 9.26 Å². The van der Waals surface area contributed by atoms with Crippen molar-refractivity contribution in [2.45, 2.75) is 38.9 Å². The molecule has 0 spiro atoms. The Morgan fingerprint density at radius 3 is 2.79 bits per heavy atom. The lowest BCUT2D eigenvalue weighted by Crippen LogP contribution is -1.98. The van der Waals surface area contributed by atoms with Crippen LogP contribution in [0.5, 0.6) is 0 Å². The Labute approximate surface area is 112 Å². The van der Waals surface area contributed by atoms with Crippen LogP contribution < -0.4 is 0 Å². The van der Waals surface area contributed by atoms with Crippen LogP contribution in [0.3, 0.4) is 0 Å². The normalized spacial score (nSPS) is 16.5. The number of benzene rings is 1. The van der Waals surface area contributed by atoms with Crippen molar-refractivity contribution in [2.75, 3.05) is 0 Å². The second-order valence-electron chi connectivity index (χ2n) is 5.15. The lowest BCUT2D eigenvalue weighted by Gasteiger charge is -2.02. The summed E-state index contributed by atoms with van der Waals surface area (Å²) in [7, 11) is 0. The van der Waals surface area contributed by atoms with Gasteiger partial charge in [0.1, 0.15) is 6.61 Å². The Hall–Kier alpha value is -1.68. The maximum atomic E-state index is 5.59. The molecule has 1 aliphatic carbocycles. The van der Waals surface area contributed by atoms with Crippen LogP contribution in [0.15, 0.2) is 34.9 Å². The molecular formula is C15H18N2O2. The molecule has 100 valence electrons. The summed E-state index contributed by atoms with van der Waals surface area (Å²) >= 11 is 0. The first-order valence-electron chi connectivity index (χ1n) is 6.77. The predicted octanol–water partition coefficient (Wildman–Crippen LogP) is 3.30. The molecule has 19 heavy (non-hydrogen) atoms. The summed E-state index contributed by atoms with van der Waals surface area (Å²) in [5.74, 6) is 2.51. The molecule has 4 nitrogen and oxygen atoms in total. The molecule has 1 aromatic heterocycles. The van der Waals surface area contributed by atoms with E-state index in [1.54, 1.807) is 0 Å². The van der Waals surface area contributed by atoms with E-state index in [0.29, 0.717) is 25.0 Å². The monoisotopic (exact) mass is 258 g/mol. The second-order valence-corrected chi connectivity index (χ2v) is 5.15. The summed E-state index contributed by atoms with van der Waals surface area (Å²) in [6.45, 7) is 3.12. The van der Waals surface area contributed by atoms with E-state index in [-0.39, 0.29) is 0 Å². The van der Waals surface area contributed by atoms with Crippen molar-refractivity contribution in [3.05, 3.63) is 47.6 Å². The van der Waals surface area contributed by atoms with E-state index in [4.69, 9.17) is 9.26 Å². The van der Waals surface area contributed by atoms with Crippen molar-refractivity contribution in [3.8, 4) is 0 Å². The lowest BCUT2D eigenvalue weighted by molar-refractivity contribution is 0.0999. The minimum absolute atomic E-state index is 0.385. The minimum atomic E-state index is 0.385. The molecule has 0 amide bonds. The third-order valence-electron chi connectivity index (χ3n) is 3.55. The number of nitrogens with zero attached hydrogens (tertiary/aromatic N) is 2. The molecule has 1 aromatic carbocycles. The molecular weight excluding hydrogens is 240 g/mol. The first kappa shape index (κ1) is 12.4. The average Bonchev–Trinajstić information content (AvgIpc) is 3.19. The molecule has 1 fully saturated rings. The zero-order valence-corrected chi connectivity index (χ0v) is 11.1. The predicted molar refractivity (Wildman–Crippen MR) is 70.4 cm³/mol. The molecule has 0 N–H and O–H groups in total. The maximum absolute atomic E-state index is 5.59. The van der Waals surface area contributed by atoms with Crippen molar-refractivity contribution in [3.63, 3.8) is 0 Å². The first-order valence-corrected chi connectivity index (χ1v) is 6.77. The fourth-order valence-corrected chi connectivity index (χ4v) is 2.14. The number of hydrogen-bond donors (Lipinski definition) is 0. The van der Waals surface area contributed by atoms with Crippen LogP contribution >= 0.6 is 0 Å². The second kappa shape index (κ2) is 5.53. The highest BCUT2D eigenvalue weighted by Crippen LogP contribution is 2.41. The van der Waals surface area contributed by atoms with Gasteiger partial charge in [0.2, 0.25) is 5.89 Å². The van der Waals surface area contributed by atoms with Crippen LogP contribution in [0, 0.1) is 5.92 Å². The number of ether oxygens (including phenoxy) is 1. The molecule has 0 bridgehead atoms. The highest BCUT2D eigenvalue weighted by molar-refractivity contribution is 5.13. The molecule has 0 unspecified atom stereocenters. The van der Waals surface area contributed by atoms with Gasteiger partial charge in [-0.1, -0.05) is 42.4 Å². The quantitative estimate of drug-likeness (QED) is 0.797. The van der Waals surface area contributed by atoms with E-state index < -0.39 is 0 Å². The van der Waals surface area contributed by atoms with Gasteiger partial charge in [0.05, 0.1) is 6.61 Å². The third kappa shape index (κ3) is 3.20. The van der Waals surface area contributed by atoms with Crippen molar-refractivity contribution >= 4 is 0 Å². The molecule has 0 radical (unpaired) electrons. The number of rotatable bonds is 6. The molecule has 1 atom stereocenters. The summed E-state index contributed by atoms with van der Waals surface area (Å²) in [6, 6.07) is 10.1. The van der Waals surface area contributed by atoms with E-state index in [2.05, 4.69) is 17.1 Å². The van der Waals surface area contributed by atoms with Crippen LogP contribution in [0.1, 0.15) is 43.0 Å². The van der Waals surface area contributed by atoms with E-state index in [1.807, 2.05) is 30.3 Å². The van der Waals surface area contributed by atoms with Gasteiger partial charge in [-0.3, -0.25) is 0 Å². The van der Waals surface area contributed by atoms with Gasteiger partial charge in [-0.15, -0.1) is 0 Å². The standard InChI is InChI=1S/C15H18N2O2/c1-11(13-7-8-13)15-16-14(17-19-15)10-18-9-12-5-3-2-4-6-12/h2-6,11,13H,7-10H2,1H3/t11-/m1/s1. The Morgan fingerprint density at radius 2 is 2.05 bits per heavy atom. The Balaban J connectivity index is 1.50. The van der Waals surface area contributed by atoms with E-state index >= 15 is 0 Å². The van der Waals surface area contributed by atoms with E-state index in [1.165, 1.54) is 12.8 Å². The van der Waals surface area contributed by atoms with Crippen LogP contribution in [-0.2, 0) is 18.0 Å². The van der Waals surface area contributed by atoms with Gasteiger partial charge in [-0.25, -0.2) is 0 Å². The zero-order chi connectivity index (χ0) is 13.1. The molecule has 2 aromatic rings.